The highest BCUT2D eigenvalue weighted by Crippen LogP contribution is 2.16. The second-order valence-electron chi connectivity index (χ2n) is 3.93. The Labute approximate surface area is 99.8 Å². The van der Waals surface area contributed by atoms with Gasteiger partial charge in [0.05, 0.1) is 12.8 Å². The summed E-state index contributed by atoms with van der Waals surface area (Å²) < 4.78 is 6.40. The summed E-state index contributed by atoms with van der Waals surface area (Å²) in [6.07, 6.45) is 1.41. The van der Waals surface area contributed by atoms with Gasteiger partial charge in [-0.3, -0.25) is 4.79 Å². The van der Waals surface area contributed by atoms with E-state index >= 15 is 0 Å². The van der Waals surface area contributed by atoms with Crippen molar-refractivity contribution in [3.8, 4) is 0 Å². The van der Waals surface area contributed by atoms with Crippen molar-refractivity contribution in [1.29, 1.82) is 0 Å². The van der Waals surface area contributed by atoms with Gasteiger partial charge in [0.2, 0.25) is 5.91 Å². The fraction of sp³-hybridized carbons (Fsp3) is 0.545. The molecule has 1 heterocycles. The molecule has 6 nitrogen and oxygen atoms in total. The molecule has 2 N–H and O–H groups in total. The maximum Gasteiger partial charge on any atom is 0.356 e. The molecule has 0 fully saturated rings. The molecular formula is C11H17N3O3. The molecule has 17 heavy (non-hydrogen) atoms. The van der Waals surface area contributed by atoms with Crippen molar-refractivity contribution in [3.63, 3.8) is 0 Å². The zero-order valence-corrected chi connectivity index (χ0v) is 10.3. The molecular weight excluding hydrogens is 222 g/mol. The molecule has 0 spiro atoms. The fourth-order valence-electron chi connectivity index (χ4n) is 1.54. The number of carbonyl (C=O) groups excluding carboxylic acids is 2. The topological polar surface area (TPSA) is 87.2 Å². The first kappa shape index (κ1) is 13.2. The lowest BCUT2D eigenvalue weighted by atomic mass is 10.2. The second-order valence-corrected chi connectivity index (χ2v) is 3.93. The molecule has 0 bridgehead atoms. The Balaban J connectivity index is 3.12. The standard InChI is InChI=1S/C11H17N3O3/c1-4-17-11(16)8-5-13-10(7(2)3)14(8)6-9(12)15/h5,7H,4,6H2,1-3H3,(H2,12,15). The van der Waals surface area contributed by atoms with Crippen molar-refractivity contribution >= 4 is 11.9 Å². The third-order valence-corrected chi connectivity index (χ3v) is 2.20. The minimum Gasteiger partial charge on any atom is -0.461 e. The van der Waals surface area contributed by atoms with Crippen LogP contribution in [0.1, 0.15) is 43.0 Å². The number of hydrogen-bond donors (Lipinski definition) is 1. The normalized spacial score (nSPS) is 10.6. The summed E-state index contributed by atoms with van der Waals surface area (Å²) in [5.41, 5.74) is 5.41. The van der Waals surface area contributed by atoms with Crippen LogP contribution in [-0.2, 0) is 16.1 Å². The Morgan fingerprint density at radius 1 is 1.53 bits per heavy atom. The number of ether oxygens (including phenoxy) is 1. The van der Waals surface area contributed by atoms with Crippen LogP contribution in [0.5, 0.6) is 0 Å². The van der Waals surface area contributed by atoms with Gasteiger partial charge in [-0.25, -0.2) is 9.78 Å². The van der Waals surface area contributed by atoms with Crippen LogP contribution >= 0.6 is 0 Å². The Morgan fingerprint density at radius 2 is 2.18 bits per heavy atom. The van der Waals surface area contributed by atoms with Crippen molar-refractivity contribution in [1.82, 2.24) is 9.55 Å². The molecule has 6 heteroatoms. The van der Waals surface area contributed by atoms with Crippen LogP contribution < -0.4 is 5.73 Å². The Morgan fingerprint density at radius 3 is 2.65 bits per heavy atom. The number of hydrogen-bond acceptors (Lipinski definition) is 4. The van der Waals surface area contributed by atoms with Crippen LogP contribution in [0.4, 0.5) is 0 Å². The van der Waals surface area contributed by atoms with Crippen LogP contribution in [0.25, 0.3) is 0 Å². The van der Waals surface area contributed by atoms with E-state index in [2.05, 4.69) is 4.98 Å². The molecule has 1 amide bonds. The first-order valence-corrected chi connectivity index (χ1v) is 5.48. The molecule has 0 saturated carbocycles. The largest absolute Gasteiger partial charge is 0.461 e. The van der Waals surface area contributed by atoms with Gasteiger partial charge >= 0.3 is 5.97 Å². The zero-order valence-electron chi connectivity index (χ0n) is 10.3. The van der Waals surface area contributed by atoms with Crippen molar-refractivity contribution in [2.75, 3.05) is 6.61 Å². The molecule has 0 aliphatic carbocycles. The predicted octanol–water partition coefficient (Wildman–Crippen LogP) is 0.669. The van der Waals surface area contributed by atoms with E-state index < -0.39 is 11.9 Å². The summed E-state index contributed by atoms with van der Waals surface area (Å²) in [7, 11) is 0. The average Bonchev–Trinajstić information content (AvgIpc) is 2.60. The van der Waals surface area contributed by atoms with E-state index in [1.165, 1.54) is 10.8 Å². The number of aromatic nitrogens is 2. The lowest BCUT2D eigenvalue weighted by molar-refractivity contribution is -0.118. The highest BCUT2D eigenvalue weighted by molar-refractivity contribution is 5.88. The van der Waals surface area contributed by atoms with Gasteiger partial charge in [0.25, 0.3) is 0 Å². The molecule has 94 valence electrons. The zero-order chi connectivity index (χ0) is 13.0. The van der Waals surface area contributed by atoms with Gasteiger partial charge in [0.15, 0.2) is 0 Å². The van der Waals surface area contributed by atoms with E-state index in [1.807, 2.05) is 13.8 Å². The van der Waals surface area contributed by atoms with Crippen LogP contribution in [0.15, 0.2) is 6.20 Å². The number of nitrogens with two attached hydrogens (primary N) is 1. The summed E-state index contributed by atoms with van der Waals surface area (Å²) in [5.74, 6) is -0.270. The molecule has 0 aliphatic rings. The number of nitrogens with zero attached hydrogens (tertiary/aromatic N) is 2. The van der Waals surface area contributed by atoms with E-state index in [9.17, 15) is 9.59 Å². The number of primary amides is 1. The maximum atomic E-state index is 11.6. The number of carbonyl (C=O) groups is 2. The number of amides is 1. The lowest BCUT2D eigenvalue weighted by Crippen LogP contribution is -2.24. The van der Waals surface area contributed by atoms with Gasteiger partial charge in [-0.2, -0.15) is 0 Å². The van der Waals surface area contributed by atoms with E-state index in [0.717, 1.165) is 0 Å². The van der Waals surface area contributed by atoms with Crippen LogP contribution in [0.2, 0.25) is 0 Å². The molecule has 0 unspecified atom stereocenters. The Kier molecular flexibility index (Phi) is 4.25. The van der Waals surface area contributed by atoms with E-state index in [0.29, 0.717) is 5.82 Å². The molecule has 1 aromatic heterocycles. The quantitative estimate of drug-likeness (QED) is 0.765. The first-order valence-electron chi connectivity index (χ1n) is 5.48. The van der Waals surface area contributed by atoms with Gasteiger partial charge in [-0.1, -0.05) is 13.8 Å². The fourth-order valence-corrected chi connectivity index (χ4v) is 1.54. The first-order chi connectivity index (χ1) is 7.97. The van der Waals surface area contributed by atoms with Gasteiger partial charge in [0.1, 0.15) is 18.1 Å². The number of imidazole rings is 1. The Hall–Kier alpha value is -1.85. The highest BCUT2D eigenvalue weighted by Gasteiger charge is 2.20. The van der Waals surface area contributed by atoms with E-state index in [-0.39, 0.29) is 24.8 Å². The molecule has 0 saturated heterocycles. The molecule has 0 radical (unpaired) electrons. The van der Waals surface area contributed by atoms with Crippen LogP contribution in [0, 0.1) is 0 Å². The number of esters is 1. The second kappa shape index (κ2) is 5.47. The van der Waals surface area contributed by atoms with Gasteiger partial charge < -0.3 is 15.0 Å². The van der Waals surface area contributed by atoms with Crippen molar-refractivity contribution < 1.29 is 14.3 Å². The highest BCUT2D eigenvalue weighted by atomic mass is 16.5. The van der Waals surface area contributed by atoms with E-state index in [4.69, 9.17) is 10.5 Å². The number of rotatable bonds is 5. The minimum absolute atomic E-state index is 0.0678. The minimum atomic E-state index is -0.518. The van der Waals surface area contributed by atoms with Crippen molar-refractivity contribution in [3.05, 3.63) is 17.7 Å². The van der Waals surface area contributed by atoms with Gasteiger partial charge in [-0.05, 0) is 6.92 Å². The average molecular weight is 239 g/mol. The monoisotopic (exact) mass is 239 g/mol. The molecule has 1 rings (SSSR count). The molecule has 0 atom stereocenters. The van der Waals surface area contributed by atoms with E-state index in [1.54, 1.807) is 6.92 Å². The summed E-state index contributed by atoms with van der Waals surface area (Å²) in [4.78, 5) is 26.8. The third-order valence-electron chi connectivity index (χ3n) is 2.20. The summed E-state index contributed by atoms with van der Waals surface area (Å²) in [6.45, 7) is 5.78. The summed E-state index contributed by atoms with van der Waals surface area (Å²) >= 11 is 0. The van der Waals surface area contributed by atoms with Crippen molar-refractivity contribution in [2.24, 2.45) is 5.73 Å². The predicted molar refractivity (Wildman–Crippen MR) is 61.5 cm³/mol. The molecule has 0 aromatic carbocycles. The van der Waals surface area contributed by atoms with Crippen LogP contribution in [-0.4, -0.2) is 28.0 Å². The molecule has 0 aliphatic heterocycles. The smallest absolute Gasteiger partial charge is 0.356 e. The third kappa shape index (κ3) is 3.05. The summed E-state index contributed by atoms with van der Waals surface area (Å²) in [6, 6.07) is 0. The lowest BCUT2D eigenvalue weighted by Gasteiger charge is -2.11. The van der Waals surface area contributed by atoms with Gasteiger partial charge in [0, 0.05) is 5.92 Å². The molecule has 1 aromatic rings. The SMILES string of the molecule is CCOC(=O)c1cnc(C(C)C)n1CC(N)=O. The van der Waals surface area contributed by atoms with Crippen molar-refractivity contribution in [2.45, 2.75) is 33.2 Å². The summed E-state index contributed by atoms with van der Waals surface area (Å²) in [5, 5.41) is 0. The van der Waals surface area contributed by atoms with Gasteiger partial charge in [-0.15, -0.1) is 0 Å². The maximum absolute atomic E-state index is 11.6. The van der Waals surface area contributed by atoms with Crippen LogP contribution in [0.3, 0.4) is 0 Å². The Bertz CT molecular complexity index is 424.